The highest BCUT2D eigenvalue weighted by atomic mass is 15.3. The SMILES string of the molecule is CC(C)C(C)CN1CCN(CC2C=CC=CC2)CC1. The number of piperazine rings is 1. The summed E-state index contributed by atoms with van der Waals surface area (Å²) in [6.45, 7) is 14.6. The second-order valence-corrected chi connectivity index (χ2v) is 6.63. The van der Waals surface area contributed by atoms with Crippen molar-refractivity contribution in [2.45, 2.75) is 27.2 Å². The van der Waals surface area contributed by atoms with E-state index in [-0.39, 0.29) is 0 Å². The van der Waals surface area contributed by atoms with Crippen LogP contribution in [0.5, 0.6) is 0 Å². The number of rotatable bonds is 5. The van der Waals surface area contributed by atoms with Gasteiger partial charge in [0.2, 0.25) is 0 Å². The molecule has 19 heavy (non-hydrogen) atoms. The average Bonchev–Trinajstić information content (AvgIpc) is 2.42. The summed E-state index contributed by atoms with van der Waals surface area (Å²) in [4.78, 5) is 5.29. The molecule has 0 amide bonds. The molecule has 2 rings (SSSR count). The van der Waals surface area contributed by atoms with Crippen molar-refractivity contribution < 1.29 is 0 Å². The van der Waals surface area contributed by atoms with Gasteiger partial charge >= 0.3 is 0 Å². The van der Waals surface area contributed by atoms with Crippen LogP contribution in [0.25, 0.3) is 0 Å². The van der Waals surface area contributed by atoms with Crippen LogP contribution in [-0.2, 0) is 0 Å². The Morgan fingerprint density at radius 1 is 1.00 bits per heavy atom. The first-order valence-electron chi connectivity index (χ1n) is 7.93. The maximum Gasteiger partial charge on any atom is 0.0110 e. The third-order valence-electron chi connectivity index (χ3n) is 4.71. The fourth-order valence-corrected chi connectivity index (χ4v) is 2.87. The third-order valence-corrected chi connectivity index (χ3v) is 4.71. The van der Waals surface area contributed by atoms with Crippen molar-refractivity contribution >= 4 is 0 Å². The van der Waals surface area contributed by atoms with Gasteiger partial charge in [-0.15, -0.1) is 0 Å². The molecule has 0 aromatic heterocycles. The van der Waals surface area contributed by atoms with E-state index in [9.17, 15) is 0 Å². The summed E-state index contributed by atoms with van der Waals surface area (Å²) in [6.07, 6.45) is 10.3. The Hall–Kier alpha value is -0.600. The highest BCUT2D eigenvalue weighted by Crippen LogP contribution is 2.16. The van der Waals surface area contributed by atoms with E-state index in [1.807, 2.05) is 0 Å². The molecular weight excluding hydrogens is 232 g/mol. The minimum absolute atomic E-state index is 0.742. The van der Waals surface area contributed by atoms with Crippen LogP contribution in [0.2, 0.25) is 0 Å². The molecule has 108 valence electrons. The Labute approximate surface area is 119 Å². The van der Waals surface area contributed by atoms with Gasteiger partial charge in [0.15, 0.2) is 0 Å². The Bertz CT molecular complexity index is 311. The maximum atomic E-state index is 2.65. The first-order valence-corrected chi connectivity index (χ1v) is 7.93. The zero-order valence-electron chi connectivity index (χ0n) is 12.9. The summed E-state index contributed by atoms with van der Waals surface area (Å²) in [7, 11) is 0. The molecule has 0 aromatic rings. The van der Waals surface area contributed by atoms with E-state index in [0.717, 1.165) is 17.8 Å². The largest absolute Gasteiger partial charge is 0.301 e. The molecule has 2 aliphatic rings. The van der Waals surface area contributed by atoms with Crippen LogP contribution >= 0.6 is 0 Å². The molecule has 0 bridgehead atoms. The van der Waals surface area contributed by atoms with Crippen molar-refractivity contribution in [3.63, 3.8) is 0 Å². The molecule has 0 saturated carbocycles. The van der Waals surface area contributed by atoms with E-state index < -0.39 is 0 Å². The van der Waals surface area contributed by atoms with E-state index in [1.54, 1.807) is 0 Å². The van der Waals surface area contributed by atoms with Crippen LogP contribution in [-0.4, -0.2) is 49.1 Å². The molecule has 0 spiro atoms. The van der Waals surface area contributed by atoms with Gasteiger partial charge in [-0.2, -0.15) is 0 Å². The molecule has 1 saturated heterocycles. The summed E-state index contributed by atoms with van der Waals surface area (Å²) in [5, 5.41) is 0. The van der Waals surface area contributed by atoms with Gasteiger partial charge in [-0.05, 0) is 24.2 Å². The van der Waals surface area contributed by atoms with Gasteiger partial charge in [0, 0.05) is 39.3 Å². The van der Waals surface area contributed by atoms with Crippen LogP contribution in [0.15, 0.2) is 24.3 Å². The lowest BCUT2D eigenvalue weighted by Crippen LogP contribution is -2.48. The number of allylic oxidation sites excluding steroid dienone is 3. The van der Waals surface area contributed by atoms with Crippen LogP contribution < -0.4 is 0 Å². The molecule has 1 fully saturated rings. The van der Waals surface area contributed by atoms with Crippen molar-refractivity contribution in [1.29, 1.82) is 0 Å². The number of hydrogen-bond acceptors (Lipinski definition) is 2. The summed E-state index contributed by atoms with van der Waals surface area (Å²) in [5.41, 5.74) is 0. The van der Waals surface area contributed by atoms with Gasteiger partial charge in [-0.1, -0.05) is 45.1 Å². The van der Waals surface area contributed by atoms with Gasteiger partial charge in [-0.3, -0.25) is 0 Å². The highest BCUT2D eigenvalue weighted by Gasteiger charge is 2.21. The molecule has 2 atom stereocenters. The van der Waals surface area contributed by atoms with Gasteiger partial charge in [0.05, 0.1) is 0 Å². The molecule has 0 radical (unpaired) electrons. The van der Waals surface area contributed by atoms with Crippen molar-refractivity contribution in [2.75, 3.05) is 39.3 Å². The predicted octanol–water partition coefficient (Wildman–Crippen LogP) is 3.03. The van der Waals surface area contributed by atoms with Crippen molar-refractivity contribution in [2.24, 2.45) is 17.8 Å². The van der Waals surface area contributed by atoms with Crippen molar-refractivity contribution in [3.05, 3.63) is 24.3 Å². The summed E-state index contributed by atoms with van der Waals surface area (Å²) in [5.74, 6) is 2.36. The highest BCUT2D eigenvalue weighted by molar-refractivity contribution is 5.11. The molecule has 2 unspecified atom stereocenters. The normalized spacial score (nSPS) is 27.1. The van der Waals surface area contributed by atoms with E-state index in [1.165, 1.54) is 45.7 Å². The summed E-state index contributed by atoms with van der Waals surface area (Å²) >= 11 is 0. The minimum atomic E-state index is 0.742. The molecule has 1 aliphatic carbocycles. The summed E-state index contributed by atoms with van der Waals surface area (Å²) in [6, 6.07) is 0. The molecule has 0 N–H and O–H groups in total. The molecule has 0 aromatic carbocycles. The average molecular weight is 262 g/mol. The lowest BCUT2D eigenvalue weighted by molar-refractivity contribution is 0.105. The van der Waals surface area contributed by atoms with Gasteiger partial charge in [0.1, 0.15) is 0 Å². The predicted molar refractivity (Wildman–Crippen MR) is 83.3 cm³/mol. The monoisotopic (exact) mass is 262 g/mol. The first-order chi connectivity index (χ1) is 9.15. The van der Waals surface area contributed by atoms with Gasteiger partial charge < -0.3 is 9.80 Å². The fourth-order valence-electron chi connectivity index (χ4n) is 2.87. The molecule has 1 aliphatic heterocycles. The molecular formula is C17H30N2. The number of hydrogen-bond donors (Lipinski definition) is 0. The quantitative estimate of drug-likeness (QED) is 0.751. The van der Waals surface area contributed by atoms with Crippen LogP contribution in [0, 0.1) is 17.8 Å². The molecule has 1 heterocycles. The van der Waals surface area contributed by atoms with E-state index >= 15 is 0 Å². The standard InChI is InChI=1S/C17H30N2/c1-15(2)16(3)13-18-9-11-19(12-10-18)14-17-7-5-4-6-8-17/h4-7,15-17H,8-14H2,1-3H3. The van der Waals surface area contributed by atoms with E-state index in [4.69, 9.17) is 0 Å². The maximum absolute atomic E-state index is 2.65. The van der Waals surface area contributed by atoms with E-state index in [0.29, 0.717) is 0 Å². The zero-order valence-corrected chi connectivity index (χ0v) is 12.9. The Morgan fingerprint density at radius 2 is 1.68 bits per heavy atom. The smallest absolute Gasteiger partial charge is 0.0110 e. The minimum Gasteiger partial charge on any atom is -0.301 e. The molecule has 2 nitrogen and oxygen atoms in total. The third kappa shape index (κ3) is 4.77. The first kappa shape index (κ1) is 14.8. The fraction of sp³-hybridized carbons (Fsp3) is 0.765. The zero-order chi connectivity index (χ0) is 13.7. The van der Waals surface area contributed by atoms with E-state index in [2.05, 4.69) is 54.9 Å². The lowest BCUT2D eigenvalue weighted by atomic mass is 9.97. The lowest BCUT2D eigenvalue weighted by Gasteiger charge is -2.37. The van der Waals surface area contributed by atoms with Crippen molar-refractivity contribution in [3.8, 4) is 0 Å². The van der Waals surface area contributed by atoms with Crippen LogP contribution in [0.1, 0.15) is 27.2 Å². The Morgan fingerprint density at radius 3 is 2.26 bits per heavy atom. The Balaban J connectivity index is 1.67. The second-order valence-electron chi connectivity index (χ2n) is 6.63. The van der Waals surface area contributed by atoms with Gasteiger partial charge in [-0.25, -0.2) is 0 Å². The summed E-state index contributed by atoms with van der Waals surface area (Å²) < 4.78 is 0. The second kappa shape index (κ2) is 7.25. The Kier molecular flexibility index (Phi) is 5.65. The topological polar surface area (TPSA) is 6.48 Å². The van der Waals surface area contributed by atoms with Crippen LogP contribution in [0.4, 0.5) is 0 Å². The number of nitrogens with zero attached hydrogens (tertiary/aromatic N) is 2. The van der Waals surface area contributed by atoms with Crippen LogP contribution in [0.3, 0.4) is 0 Å². The molecule has 2 heteroatoms. The van der Waals surface area contributed by atoms with Gasteiger partial charge in [0.25, 0.3) is 0 Å². The van der Waals surface area contributed by atoms with Crippen molar-refractivity contribution in [1.82, 2.24) is 9.80 Å².